The molecule has 3 aromatic rings. The quantitative estimate of drug-likeness (QED) is 0.150. The first-order chi connectivity index (χ1) is 16.4. The van der Waals surface area contributed by atoms with E-state index in [0.717, 1.165) is 11.1 Å². The first-order valence-electron chi connectivity index (χ1n) is 11.2. The Morgan fingerprint density at radius 2 is 2.03 bits per heavy atom. The van der Waals surface area contributed by atoms with Crippen LogP contribution in [0.25, 0.3) is 11.3 Å². The maximum atomic E-state index is 14.3. The Morgan fingerprint density at radius 1 is 1.24 bits per heavy atom. The van der Waals surface area contributed by atoms with Crippen molar-refractivity contribution in [2.75, 3.05) is 20.3 Å². The topological polar surface area (TPSA) is 88.2 Å². The number of benzene rings is 2. The zero-order valence-electron chi connectivity index (χ0n) is 19.4. The van der Waals surface area contributed by atoms with Crippen molar-refractivity contribution in [3.05, 3.63) is 71.5 Å². The summed E-state index contributed by atoms with van der Waals surface area (Å²) in [4.78, 5) is 17.3. The summed E-state index contributed by atoms with van der Waals surface area (Å²) in [6, 6.07) is 12.2. The first kappa shape index (κ1) is 25.1. The van der Waals surface area contributed by atoms with Gasteiger partial charge in [-0.05, 0) is 44.4 Å². The van der Waals surface area contributed by atoms with Crippen LogP contribution in [0, 0.1) is 18.2 Å². The van der Waals surface area contributed by atoms with Gasteiger partial charge in [-0.15, -0.1) is 0 Å². The summed E-state index contributed by atoms with van der Waals surface area (Å²) in [5, 5.41) is 10.1. The highest BCUT2D eigenvalue weighted by molar-refractivity contribution is 5.98. The number of ketones is 1. The first-order valence-corrected chi connectivity index (χ1v) is 11.2. The van der Waals surface area contributed by atoms with Gasteiger partial charge in [-0.3, -0.25) is 10.2 Å². The number of Topliss-reactive ketones (excluding diaryl/α,β-unsaturated/α-hetero) is 1. The molecule has 0 bridgehead atoms. The minimum absolute atomic E-state index is 0.0605. The third-order valence-corrected chi connectivity index (χ3v) is 5.57. The number of alkyl halides is 1. The number of carbonyl (C=O) groups is 1. The molecule has 1 atom stereocenters. The lowest BCUT2D eigenvalue weighted by atomic mass is 9.94. The molecule has 0 spiro atoms. The van der Waals surface area contributed by atoms with E-state index in [-0.39, 0.29) is 35.3 Å². The number of aromatic nitrogens is 1. The monoisotopic (exact) mass is 469 g/mol. The molecule has 180 valence electrons. The van der Waals surface area contributed by atoms with Crippen molar-refractivity contribution < 1.29 is 22.7 Å². The van der Waals surface area contributed by atoms with E-state index in [4.69, 9.17) is 14.6 Å². The van der Waals surface area contributed by atoms with E-state index in [0.29, 0.717) is 37.5 Å². The van der Waals surface area contributed by atoms with Gasteiger partial charge in [-0.25, -0.2) is 13.8 Å². The van der Waals surface area contributed by atoms with Crippen LogP contribution in [0.3, 0.4) is 0 Å². The molecule has 1 heterocycles. The van der Waals surface area contributed by atoms with Crippen molar-refractivity contribution >= 4 is 11.6 Å². The molecule has 2 aromatic carbocycles. The third kappa shape index (κ3) is 6.50. The average Bonchev–Trinajstić information content (AvgIpc) is 3.33. The fourth-order valence-corrected chi connectivity index (χ4v) is 3.81. The molecule has 0 aliphatic carbocycles. The highest BCUT2D eigenvalue weighted by atomic mass is 19.1. The van der Waals surface area contributed by atoms with E-state index >= 15 is 0 Å². The van der Waals surface area contributed by atoms with Gasteiger partial charge in [0.1, 0.15) is 24.1 Å². The number of hydrogen-bond donors (Lipinski definition) is 2. The van der Waals surface area contributed by atoms with Gasteiger partial charge in [0.15, 0.2) is 17.4 Å². The minimum Gasteiger partial charge on any atom is -0.496 e. The highest BCUT2D eigenvalue weighted by Crippen LogP contribution is 2.31. The number of nitrogens with one attached hydrogen (secondary N) is 2. The van der Waals surface area contributed by atoms with Crippen LogP contribution >= 0.6 is 0 Å². The third-order valence-electron chi connectivity index (χ3n) is 5.57. The number of oxazole rings is 1. The molecule has 0 aliphatic rings. The van der Waals surface area contributed by atoms with Gasteiger partial charge in [0.25, 0.3) is 0 Å². The second kappa shape index (κ2) is 12.1. The molecule has 0 amide bonds. The molecule has 34 heavy (non-hydrogen) atoms. The zero-order chi connectivity index (χ0) is 24.5. The molecular weight excluding hydrogens is 440 g/mol. The fraction of sp³-hybridized carbons (Fsp3) is 0.346. The molecule has 1 aromatic heterocycles. The number of amidine groups is 1. The van der Waals surface area contributed by atoms with Crippen LogP contribution in [-0.4, -0.2) is 36.9 Å². The summed E-state index contributed by atoms with van der Waals surface area (Å²) in [7, 11) is 1.40. The summed E-state index contributed by atoms with van der Waals surface area (Å²) in [6.45, 7) is 1.57. The largest absolute Gasteiger partial charge is 0.496 e. The molecule has 3 rings (SSSR count). The molecule has 0 aliphatic heterocycles. The smallest absolute Gasteiger partial charge is 0.198 e. The normalized spacial score (nSPS) is 11.8. The van der Waals surface area contributed by atoms with Gasteiger partial charge in [0, 0.05) is 24.4 Å². The van der Waals surface area contributed by atoms with Gasteiger partial charge in [0.05, 0.1) is 18.9 Å². The number of aryl methyl sites for hydroxylation is 1. The lowest BCUT2D eigenvalue weighted by molar-refractivity contribution is 0.0968. The van der Waals surface area contributed by atoms with Crippen molar-refractivity contribution in [1.82, 2.24) is 10.3 Å². The van der Waals surface area contributed by atoms with Crippen molar-refractivity contribution in [3.63, 3.8) is 0 Å². The number of rotatable bonds is 12. The maximum Gasteiger partial charge on any atom is 0.198 e. The highest BCUT2D eigenvalue weighted by Gasteiger charge is 2.23. The summed E-state index contributed by atoms with van der Waals surface area (Å²) in [5.74, 6) is -0.0323. The minimum atomic E-state index is -0.845. The van der Waals surface area contributed by atoms with Crippen LogP contribution in [-0.2, 0) is 0 Å². The van der Waals surface area contributed by atoms with Crippen LogP contribution in [0.4, 0.5) is 8.78 Å². The molecule has 0 saturated heterocycles. The molecule has 6 nitrogen and oxygen atoms in total. The SMILES string of the molecule is COc1cccc(F)c1C(=O)CC[C@@H](CCCNC(=N)CF)c1ncc(-c2cccc(C)c2)o1. The summed E-state index contributed by atoms with van der Waals surface area (Å²) < 4.78 is 38.0. The Labute approximate surface area is 197 Å². The molecule has 0 saturated carbocycles. The predicted molar refractivity (Wildman–Crippen MR) is 127 cm³/mol. The predicted octanol–water partition coefficient (Wildman–Crippen LogP) is 5.86. The van der Waals surface area contributed by atoms with E-state index in [9.17, 15) is 13.6 Å². The van der Waals surface area contributed by atoms with Gasteiger partial charge < -0.3 is 14.5 Å². The lowest BCUT2D eigenvalue weighted by Gasteiger charge is -2.15. The van der Waals surface area contributed by atoms with Gasteiger partial charge in [-0.2, -0.15) is 0 Å². The van der Waals surface area contributed by atoms with E-state index in [1.807, 2.05) is 31.2 Å². The van der Waals surface area contributed by atoms with E-state index in [1.165, 1.54) is 19.2 Å². The fourth-order valence-electron chi connectivity index (χ4n) is 3.81. The van der Waals surface area contributed by atoms with Gasteiger partial charge >= 0.3 is 0 Å². The van der Waals surface area contributed by atoms with Crippen LogP contribution in [0.15, 0.2) is 53.1 Å². The van der Waals surface area contributed by atoms with Crippen molar-refractivity contribution in [1.29, 1.82) is 5.41 Å². The number of carbonyl (C=O) groups excluding carboxylic acids is 1. The number of ether oxygens (including phenoxy) is 1. The Kier molecular flexibility index (Phi) is 8.90. The molecule has 0 fully saturated rings. The summed E-state index contributed by atoms with van der Waals surface area (Å²) >= 11 is 0. The molecular formula is C26H29F2N3O3. The van der Waals surface area contributed by atoms with Crippen molar-refractivity contribution in [2.24, 2.45) is 0 Å². The van der Waals surface area contributed by atoms with Gasteiger partial charge in [0.2, 0.25) is 0 Å². The standard InChI is InChI=1S/C26H29F2N3O3/c1-17-6-3-7-19(14-17)23-16-31-26(34-23)18(8-5-13-30-24(29)15-27)11-12-21(32)25-20(28)9-4-10-22(25)33-2/h3-4,6-7,9-10,14,16,18H,5,8,11-13,15H2,1-2H3,(H2,29,30)/t18-/m1/s1. The van der Waals surface area contributed by atoms with Crippen LogP contribution in [0.1, 0.15) is 53.4 Å². The molecule has 8 heteroatoms. The second-order valence-corrected chi connectivity index (χ2v) is 8.09. The molecule has 0 unspecified atom stereocenters. The number of methoxy groups -OCH3 is 1. The summed E-state index contributed by atoms with van der Waals surface area (Å²) in [6.07, 6.45) is 3.35. The van der Waals surface area contributed by atoms with Crippen molar-refractivity contribution in [2.45, 2.75) is 38.5 Å². The van der Waals surface area contributed by atoms with Crippen LogP contribution in [0.5, 0.6) is 5.75 Å². The molecule has 2 N–H and O–H groups in total. The van der Waals surface area contributed by atoms with E-state index < -0.39 is 12.5 Å². The zero-order valence-corrected chi connectivity index (χ0v) is 19.4. The average molecular weight is 470 g/mol. The van der Waals surface area contributed by atoms with E-state index in [2.05, 4.69) is 10.3 Å². The van der Waals surface area contributed by atoms with E-state index in [1.54, 1.807) is 12.3 Å². The second-order valence-electron chi connectivity index (χ2n) is 8.09. The lowest BCUT2D eigenvalue weighted by Crippen LogP contribution is -2.25. The Balaban J connectivity index is 1.75. The van der Waals surface area contributed by atoms with Crippen molar-refractivity contribution in [3.8, 4) is 17.1 Å². The van der Waals surface area contributed by atoms with Crippen LogP contribution < -0.4 is 10.1 Å². The van der Waals surface area contributed by atoms with Crippen LogP contribution in [0.2, 0.25) is 0 Å². The molecule has 0 radical (unpaired) electrons. The summed E-state index contributed by atoms with van der Waals surface area (Å²) in [5.41, 5.74) is 1.94. The Morgan fingerprint density at radius 3 is 2.76 bits per heavy atom. The Bertz CT molecular complexity index is 1130. The number of halogens is 2. The maximum absolute atomic E-state index is 14.3. The number of hydrogen-bond acceptors (Lipinski definition) is 5. The Hall–Kier alpha value is -3.55. The van der Waals surface area contributed by atoms with Gasteiger partial charge in [-0.1, -0.05) is 29.8 Å². The number of nitrogens with zero attached hydrogens (tertiary/aromatic N) is 1.